The molecule has 0 atom stereocenters. The van der Waals surface area contributed by atoms with Crippen LogP contribution in [0.1, 0.15) is 18.2 Å². The SMILES string of the molecule is CCS(=O)(=O)c1cc(-c2ncc(C)cn2)cnc1-c1nc2cc(C(F)(F)F)ncc2n1C. The Morgan fingerprint density at radius 2 is 1.69 bits per heavy atom. The number of rotatable bonds is 4. The number of halogens is 3. The van der Waals surface area contributed by atoms with Gasteiger partial charge in [-0.2, -0.15) is 13.2 Å². The van der Waals surface area contributed by atoms with E-state index in [1.807, 2.05) is 6.92 Å². The zero-order valence-electron chi connectivity index (χ0n) is 17.2. The van der Waals surface area contributed by atoms with Crippen LogP contribution < -0.4 is 0 Å². The normalized spacial score (nSPS) is 12.4. The smallest absolute Gasteiger partial charge is 0.324 e. The monoisotopic (exact) mass is 462 g/mol. The summed E-state index contributed by atoms with van der Waals surface area (Å²) >= 11 is 0. The fraction of sp³-hybridized carbons (Fsp3) is 0.250. The summed E-state index contributed by atoms with van der Waals surface area (Å²) in [6, 6.07) is 2.23. The summed E-state index contributed by atoms with van der Waals surface area (Å²) < 4.78 is 66.3. The third kappa shape index (κ3) is 3.81. The maximum Gasteiger partial charge on any atom is 0.433 e. The average molecular weight is 462 g/mol. The molecule has 166 valence electrons. The van der Waals surface area contributed by atoms with E-state index in [1.165, 1.54) is 23.8 Å². The highest BCUT2D eigenvalue weighted by molar-refractivity contribution is 7.91. The van der Waals surface area contributed by atoms with Gasteiger partial charge in [-0.15, -0.1) is 0 Å². The number of fused-ring (bicyclic) bond motifs is 1. The van der Waals surface area contributed by atoms with Crippen LogP contribution in [0.3, 0.4) is 0 Å². The van der Waals surface area contributed by atoms with Gasteiger partial charge in [0, 0.05) is 31.2 Å². The summed E-state index contributed by atoms with van der Waals surface area (Å²) in [5.74, 6) is 0.194. The predicted molar refractivity (Wildman–Crippen MR) is 110 cm³/mol. The van der Waals surface area contributed by atoms with Crippen molar-refractivity contribution in [2.24, 2.45) is 7.05 Å². The van der Waals surface area contributed by atoms with E-state index in [2.05, 4.69) is 24.9 Å². The molecule has 0 aliphatic rings. The van der Waals surface area contributed by atoms with E-state index in [4.69, 9.17) is 0 Å². The van der Waals surface area contributed by atoms with Gasteiger partial charge >= 0.3 is 6.18 Å². The van der Waals surface area contributed by atoms with Crippen LogP contribution in [0.25, 0.3) is 33.9 Å². The first kappa shape index (κ1) is 21.8. The first-order valence-corrected chi connectivity index (χ1v) is 11.1. The van der Waals surface area contributed by atoms with Crippen LogP contribution in [0, 0.1) is 6.92 Å². The van der Waals surface area contributed by atoms with Crippen molar-refractivity contribution in [1.82, 2.24) is 29.5 Å². The van der Waals surface area contributed by atoms with Crippen LogP contribution in [0.4, 0.5) is 13.2 Å². The molecule has 0 saturated carbocycles. The number of aryl methyl sites for hydroxylation is 2. The maximum absolute atomic E-state index is 13.0. The number of nitrogens with zero attached hydrogens (tertiary/aromatic N) is 6. The maximum atomic E-state index is 13.0. The van der Waals surface area contributed by atoms with Gasteiger partial charge in [0.25, 0.3) is 0 Å². The fourth-order valence-corrected chi connectivity index (χ4v) is 4.18. The molecule has 0 fully saturated rings. The highest BCUT2D eigenvalue weighted by Crippen LogP contribution is 2.33. The summed E-state index contributed by atoms with van der Waals surface area (Å²) in [7, 11) is -2.21. The van der Waals surface area contributed by atoms with Crippen LogP contribution in [0.2, 0.25) is 0 Å². The molecule has 0 radical (unpaired) electrons. The Balaban J connectivity index is 1.94. The molecule has 0 aliphatic carbocycles. The van der Waals surface area contributed by atoms with Gasteiger partial charge < -0.3 is 4.57 Å². The number of alkyl halides is 3. The van der Waals surface area contributed by atoms with Crippen molar-refractivity contribution in [3.63, 3.8) is 0 Å². The second-order valence-corrected chi connectivity index (χ2v) is 9.36. The summed E-state index contributed by atoms with van der Waals surface area (Å²) in [6.45, 7) is 3.31. The molecule has 0 N–H and O–H groups in total. The third-order valence-electron chi connectivity index (χ3n) is 4.88. The molecule has 4 rings (SSSR count). The zero-order valence-corrected chi connectivity index (χ0v) is 18.0. The standard InChI is InChI=1S/C20H17F3N6O2S/c1-4-32(30,31)15-5-12(18-26-7-11(2)8-27-18)9-25-17(15)19-28-13-6-16(20(21,22)23)24-10-14(13)29(19)3/h5-10H,4H2,1-3H3. The molecule has 8 nitrogen and oxygen atoms in total. The predicted octanol–water partition coefficient (Wildman–Crippen LogP) is 3.61. The van der Waals surface area contributed by atoms with E-state index < -0.39 is 21.7 Å². The van der Waals surface area contributed by atoms with Crippen molar-refractivity contribution in [2.45, 2.75) is 24.9 Å². The summed E-state index contributed by atoms with van der Waals surface area (Å²) in [5, 5.41) is 0. The first-order valence-electron chi connectivity index (χ1n) is 9.43. The van der Waals surface area contributed by atoms with Crippen LogP contribution >= 0.6 is 0 Å². The highest BCUT2D eigenvalue weighted by atomic mass is 32.2. The minimum Gasteiger partial charge on any atom is -0.324 e. The molecule has 0 saturated heterocycles. The lowest BCUT2D eigenvalue weighted by Gasteiger charge is -2.10. The van der Waals surface area contributed by atoms with Crippen LogP contribution in [0.15, 0.2) is 41.8 Å². The second kappa shape index (κ2) is 7.62. The minimum atomic E-state index is -4.63. The molecule has 32 heavy (non-hydrogen) atoms. The quantitative estimate of drug-likeness (QED) is 0.456. The van der Waals surface area contributed by atoms with Crippen molar-refractivity contribution in [3.05, 3.63) is 48.2 Å². The topological polar surface area (TPSA) is 104 Å². The molecule has 12 heteroatoms. The third-order valence-corrected chi connectivity index (χ3v) is 6.62. The van der Waals surface area contributed by atoms with Gasteiger partial charge in [-0.3, -0.25) is 4.98 Å². The van der Waals surface area contributed by atoms with Crippen molar-refractivity contribution in [3.8, 4) is 22.9 Å². The summed E-state index contributed by atoms with van der Waals surface area (Å²) in [6.07, 6.45) is 1.03. The molecule has 4 aromatic heterocycles. The van der Waals surface area contributed by atoms with Gasteiger partial charge in [-0.25, -0.2) is 28.4 Å². The molecule has 4 heterocycles. The van der Waals surface area contributed by atoms with E-state index in [9.17, 15) is 21.6 Å². The number of aromatic nitrogens is 6. The molecule has 0 aliphatic heterocycles. The van der Waals surface area contributed by atoms with Gasteiger partial charge in [0.05, 0.1) is 27.9 Å². The molecule has 0 bridgehead atoms. The van der Waals surface area contributed by atoms with Gasteiger partial charge in [0.2, 0.25) is 0 Å². The molecular formula is C20H17F3N6O2S. The van der Waals surface area contributed by atoms with Crippen LogP contribution in [-0.2, 0) is 23.1 Å². The molecular weight excluding hydrogens is 445 g/mol. The molecule has 0 unspecified atom stereocenters. The Hall–Kier alpha value is -3.41. The minimum absolute atomic E-state index is 0.0231. The number of pyridine rings is 2. The average Bonchev–Trinajstić information content (AvgIpc) is 3.09. The summed E-state index contributed by atoms with van der Waals surface area (Å²) in [4.78, 5) is 20.3. The molecule has 0 spiro atoms. The number of hydrogen-bond donors (Lipinski definition) is 0. The van der Waals surface area contributed by atoms with E-state index in [0.29, 0.717) is 16.9 Å². The number of hydrogen-bond acceptors (Lipinski definition) is 7. The molecule has 0 amide bonds. The van der Waals surface area contributed by atoms with Crippen molar-refractivity contribution in [1.29, 1.82) is 0 Å². The van der Waals surface area contributed by atoms with E-state index >= 15 is 0 Å². The number of sulfone groups is 1. The van der Waals surface area contributed by atoms with E-state index in [-0.39, 0.29) is 27.7 Å². The van der Waals surface area contributed by atoms with Crippen molar-refractivity contribution in [2.75, 3.05) is 5.75 Å². The Bertz CT molecular complexity index is 1430. The molecule has 0 aromatic carbocycles. The second-order valence-electron chi connectivity index (χ2n) is 7.11. The highest BCUT2D eigenvalue weighted by Gasteiger charge is 2.33. The van der Waals surface area contributed by atoms with Crippen molar-refractivity contribution >= 4 is 20.9 Å². The van der Waals surface area contributed by atoms with Crippen LogP contribution in [0.5, 0.6) is 0 Å². The largest absolute Gasteiger partial charge is 0.433 e. The van der Waals surface area contributed by atoms with Crippen molar-refractivity contribution < 1.29 is 21.6 Å². The lowest BCUT2D eigenvalue weighted by atomic mass is 10.2. The number of imidazole rings is 1. The lowest BCUT2D eigenvalue weighted by Crippen LogP contribution is -2.09. The Labute approximate surface area is 181 Å². The Kier molecular flexibility index (Phi) is 5.19. The van der Waals surface area contributed by atoms with Gasteiger partial charge in [-0.05, 0) is 24.6 Å². The summed E-state index contributed by atoms with van der Waals surface area (Å²) in [5.41, 5.74) is 0.496. The van der Waals surface area contributed by atoms with Crippen LogP contribution in [-0.4, -0.2) is 43.7 Å². The Morgan fingerprint density at radius 1 is 1.00 bits per heavy atom. The lowest BCUT2D eigenvalue weighted by molar-refractivity contribution is -0.141. The zero-order chi connectivity index (χ0) is 23.3. The molecule has 4 aromatic rings. The Morgan fingerprint density at radius 3 is 2.31 bits per heavy atom. The fourth-order valence-electron chi connectivity index (χ4n) is 3.12. The van der Waals surface area contributed by atoms with E-state index in [0.717, 1.165) is 17.8 Å². The van der Waals surface area contributed by atoms with Gasteiger partial charge in [0.1, 0.15) is 11.4 Å². The first-order chi connectivity index (χ1) is 15.0. The van der Waals surface area contributed by atoms with E-state index in [1.54, 1.807) is 19.4 Å². The van der Waals surface area contributed by atoms with Gasteiger partial charge in [-0.1, -0.05) is 6.92 Å². The van der Waals surface area contributed by atoms with Gasteiger partial charge in [0.15, 0.2) is 21.5 Å².